The lowest BCUT2D eigenvalue weighted by Gasteiger charge is -2.27. The number of aromatic nitrogens is 2. The van der Waals surface area contributed by atoms with Crippen LogP contribution in [0.15, 0.2) is 34.4 Å². The summed E-state index contributed by atoms with van der Waals surface area (Å²) in [6, 6.07) is 9.54. The highest BCUT2D eigenvalue weighted by Gasteiger charge is 2.43. The van der Waals surface area contributed by atoms with Crippen LogP contribution in [-0.2, 0) is 6.54 Å². The maximum Gasteiger partial charge on any atom is 0.240 e. The van der Waals surface area contributed by atoms with E-state index in [0.29, 0.717) is 24.6 Å². The molecule has 0 unspecified atom stereocenters. The van der Waals surface area contributed by atoms with E-state index in [1.165, 1.54) is 36.8 Å². The van der Waals surface area contributed by atoms with Crippen molar-refractivity contribution in [3.05, 3.63) is 47.1 Å². The lowest BCUT2D eigenvalue weighted by atomic mass is 10.1. The summed E-state index contributed by atoms with van der Waals surface area (Å²) < 4.78 is 11.5. The number of rotatable bonds is 5. The van der Waals surface area contributed by atoms with E-state index in [1.807, 2.05) is 6.07 Å². The van der Waals surface area contributed by atoms with Crippen LogP contribution in [0.5, 0.6) is 5.75 Å². The van der Waals surface area contributed by atoms with Crippen LogP contribution in [0, 0.1) is 0 Å². The molecule has 0 N–H and O–H groups in total. The predicted octanol–water partition coefficient (Wildman–Crippen LogP) is 3.07. The molecule has 1 aliphatic carbocycles. The van der Waals surface area contributed by atoms with Crippen molar-refractivity contribution in [2.45, 2.75) is 50.2 Å². The Kier molecular flexibility index (Phi) is 4.01. The van der Waals surface area contributed by atoms with Crippen molar-refractivity contribution in [3.63, 3.8) is 0 Å². The SMILES string of the molecule is C1=C(CN2CC[C@H]3[C@@H]2CCN3Cc2nc(C3CC3)no2)COc2ccccc21. The zero-order valence-corrected chi connectivity index (χ0v) is 16.1. The predicted molar refractivity (Wildman–Crippen MR) is 105 cm³/mol. The second kappa shape index (κ2) is 6.71. The fourth-order valence-electron chi connectivity index (χ4n) is 5.09. The number of hydrogen-bond donors (Lipinski definition) is 0. The molecular formula is C22H26N4O2. The minimum Gasteiger partial charge on any atom is -0.489 e. The molecule has 28 heavy (non-hydrogen) atoms. The molecule has 1 saturated carbocycles. The number of hydrogen-bond acceptors (Lipinski definition) is 6. The van der Waals surface area contributed by atoms with Gasteiger partial charge in [-0.25, -0.2) is 0 Å². The summed E-state index contributed by atoms with van der Waals surface area (Å²) in [6.45, 7) is 4.79. The van der Waals surface area contributed by atoms with Crippen molar-refractivity contribution < 1.29 is 9.26 Å². The Labute approximate surface area is 165 Å². The van der Waals surface area contributed by atoms with E-state index in [2.05, 4.69) is 44.2 Å². The maximum atomic E-state index is 5.95. The molecule has 0 radical (unpaired) electrons. The van der Waals surface area contributed by atoms with Crippen LogP contribution in [0.4, 0.5) is 0 Å². The fraction of sp³-hybridized carbons (Fsp3) is 0.545. The first-order chi connectivity index (χ1) is 13.8. The van der Waals surface area contributed by atoms with E-state index < -0.39 is 0 Å². The third-order valence-corrected chi connectivity index (χ3v) is 6.67. The molecule has 2 aromatic rings. The third-order valence-electron chi connectivity index (χ3n) is 6.67. The molecule has 4 aliphatic rings. The van der Waals surface area contributed by atoms with Gasteiger partial charge in [-0.15, -0.1) is 0 Å². The zero-order valence-electron chi connectivity index (χ0n) is 16.1. The molecule has 6 heteroatoms. The largest absolute Gasteiger partial charge is 0.489 e. The van der Waals surface area contributed by atoms with Gasteiger partial charge in [0.05, 0.1) is 6.54 Å². The molecule has 4 heterocycles. The van der Waals surface area contributed by atoms with Crippen LogP contribution < -0.4 is 4.74 Å². The van der Waals surface area contributed by atoms with E-state index in [-0.39, 0.29) is 0 Å². The average Bonchev–Trinajstić information content (AvgIpc) is 3.15. The molecule has 6 nitrogen and oxygen atoms in total. The summed E-state index contributed by atoms with van der Waals surface area (Å²) in [7, 11) is 0. The lowest BCUT2D eigenvalue weighted by molar-refractivity contribution is 0.198. The standard InChI is InChI=1S/C22H26N4O2/c1-2-4-20-17(3-1)11-15(14-27-20)12-25-9-7-19-18(25)8-10-26(19)13-21-23-22(24-28-21)16-5-6-16/h1-4,11,16,18-19H,5-10,12-14H2/t18-,19-/m0/s1. The van der Waals surface area contributed by atoms with Gasteiger partial charge in [-0.3, -0.25) is 9.80 Å². The van der Waals surface area contributed by atoms with Crippen molar-refractivity contribution in [2.75, 3.05) is 26.2 Å². The van der Waals surface area contributed by atoms with Gasteiger partial charge in [0.1, 0.15) is 12.4 Å². The minimum absolute atomic E-state index is 0.557. The number of fused-ring (bicyclic) bond motifs is 2. The van der Waals surface area contributed by atoms with Crippen LogP contribution >= 0.6 is 0 Å². The normalized spacial score (nSPS) is 27.4. The monoisotopic (exact) mass is 378 g/mol. The van der Waals surface area contributed by atoms with Gasteiger partial charge in [0, 0.05) is 43.2 Å². The Hall–Kier alpha value is -2.18. The van der Waals surface area contributed by atoms with Crippen molar-refractivity contribution in [1.82, 2.24) is 19.9 Å². The van der Waals surface area contributed by atoms with Crippen molar-refractivity contribution >= 4 is 6.08 Å². The molecular weight excluding hydrogens is 352 g/mol. The second-order valence-corrected chi connectivity index (χ2v) is 8.60. The van der Waals surface area contributed by atoms with Gasteiger partial charge in [-0.05, 0) is 43.4 Å². The first-order valence-corrected chi connectivity index (χ1v) is 10.6. The number of likely N-dealkylation sites (tertiary alicyclic amines) is 2. The van der Waals surface area contributed by atoms with E-state index >= 15 is 0 Å². The van der Waals surface area contributed by atoms with Gasteiger partial charge in [0.25, 0.3) is 0 Å². The Morgan fingerprint density at radius 2 is 1.75 bits per heavy atom. The molecule has 6 rings (SSSR count). The van der Waals surface area contributed by atoms with E-state index in [9.17, 15) is 0 Å². The van der Waals surface area contributed by atoms with E-state index in [0.717, 1.165) is 43.6 Å². The van der Waals surface area contributed by atoms with Gasteiger partial charge in [0.2, 0.25) is 5.89 Å². The summed E-state index contributed by atoms with van der Waals surface area (Å²) in [4.78, 5) is 9.83. The molecule has 146 valence electrons. The summed E-state index contributed by atoms with van der Waals surface area (Å²) in [6.07, 6.45) is 7.19. The Balaban J connectivity index is 1.11. The minimum atomic E-state index is 0.557. The summed E-state index contributed by atoms with van der Waals surface area (Å²) in [5.41, 5.74) is 2.58. The molecule has 1 aromatic heterocycles. The van der Waals surface area contributed by atoms with Gasteiger partial charge < -0.3 is 9.26 Å². The topological polar surface area (TPSA) is 54.6 Å². The Morgan fingerprint density at radius 3 is 2.57 bits per heavy atom. The molecule has 2 atom stereocenters. The molecule has 3 fully saturated rings. The lowest BCUT2D eigenvalue weighted by Crippen LogP contribution is -2.37. The zero-order chi connectivity index (χ0) is 18.5. The highest BCUT2D eigenvalue weighted by molar-refractivity contribution is 5.62. The summed E-state index contributed by atoms with van der Waals surface area (Å²) in [5.74, 6) is 3.27. The number of benzene rings is 1. The van der Waals surface area contributed by atoms with Gasteiger partial charge in [-0.2, -0.15) is 4.98 Å². The van der Waals surface area contributed by atoms with Crippen molar-refractivity contribution in [3.8, 4) is 5.75 Å². The molecule has 0 amide bonds. The first-order valence-electron chi connectivity index (χ1n) is 10.6. The number of para-hydroxylation sites is 1. The third kappa shape index (κ3) is 3.05. The van der Waals surface area contributed by atoms with Crippen molar-refractivity contribution in [1.29, 1.82) is 0 Å². The quantitative estimate of drug-likeness (QED) is 0.797. The Morgan fingerprint density at radius 1 is 0.964 bits per heavy atom. The smallest absolute Gasteiger partial charge is 0.240 e. The van der Waals surface area contributed by atoms with Crippen LogP contribution in [0.25, 0.3) is 6.08 Å². The maximum absolute atomic E-state index is 5.95. The van der Waals surface area contributed by atoms with E-state index in [4.69, 9.17) is 9.26 Å². The average molecular weight is 378 g/mol. The fourth-order valence-corrected chi connectivity index (χ4v) is 5.09. The number of nitrogens with zero attached hydrogens (tertiary/aromatic N) is 4. The summed E-state index contributed by atoms with van der Waals surface area (Å²) >= 11 is 0. The molecule has 3 aliphatic heterocycles. The summed E-state index contributed by atoms with van der Waals surface area (Å²) in [5, 5.41) is 4.17. The van der Waals surface area contributed by atoms with Gasteiger partial charge in [-0.1, -0.05) is 23.4 Å². The second-order valence-electron chi connectivity index (χ2n) is 8.60. The Bertz CT molecular complexity index is 903. The van der Waals surface area contributed by atoms with Gasteiger partial charge in [0.15, 0.2) is 5.82 Å². The molecule has 2 saturated heterocycles. The highest BCUT2D eigenvalue weighted by atomic mass is 16.5. The highest BCUT2D eigenvalue weighted by Crippen LogP contribution is 2.38. The molecule has 1 aromatic carbocycles. The van der Waals surface area contributed by atoms with Crippen LogP contribution in [0.1, 0.15) is 48.9 Å². The number of ether oxygens (including phenoxy) is 1. The van der Waals surface area contributed by atoms with E-state index in [1.54, 1.807) is 0 Å². The molecule has 0 bridgehead atoms. The van der Waals surface area contributed by atoms with Crippen LogP contribution in [0.3, 0.4) is 0 Å². The molecule has 0 spiro atoms. The first kappa shape index (κ1) is 16.7. The van der Waals surface area contributed by atoms with Crippen LogP contribution in [0.2, 0.25) is 0 Å². The van der Waals surface area contributed by atoms with Gasteiger partial charge >= 0.3 is 0 Å². The van der Waals surface area contributed by atoms with Crippen LogP contribution in [-0.4, -0.2) is 58.3 Å². The van der Waals surface area contributed by atoms with Crippen molar-refractivity contribution in [2.24, 2.45) is 0 Å².